The summed E-state index contributed by atoms with van der Waals surface area (Å²) in [5.74, 6) is 1.88. The summed E-state index contributed by atoms with van der Waals surface area (Å²) in [6.45, 7) is 1.81. The Morgan fingerprint density at radius 3 is 2.26 bits per heavy atom. The van der Waals surface area contributed by atoms with Crippen LogP contribution in [-0.4, -0.2) is 18.7 Å². The van der Waals surface area contributed by atoms with Crippen molar-refractivity contribution in [2.45, 2.75) is 6.92 Å². The molecule has 0 aliphatic heterocycles. The summed E-state index contributed by atoms with van der Waals surface area (Å²) < 4.78 is 11.4. The lowest BCUT2D eigenvalue weighted by atomic mass is 10.2. The average Bonchev–Trinajstić information content (AvgIpc) is 2.86. The first-order valence-corrected chi connectivity index (χ1v) is 11.1. The molecule has 0 aliphatic rings. The molecule has 0 saturated heterocycles. The van der Waals surface area contributed by atoms with Gasteiger partial charge in [-0.1, -0.05) is 35.9 Å². The standard InChI is InChI=1S/C28H23ClN2O3/c1-20-7-10-23(17-27(20)29)31-28(32)19-33-24-13-8-21(9-14-24)18-30-22-11-15-26(16-12-22)34-25-5-3-2-4-6-25/h2-18H,19H2,1H3,(H,31,32). The molecule has 0 fully saturated rings. The Bertz CT molecular complexity index is 1270. The van der Waals surface area contributed by atoms with E-state index >= 15 is 0 Å². The molecule has 4 aromatic carbocycles. The molecule has 0 spiro atoms. The number of carbonyl (C=O) groups excluding carboxylic acids is 1. The van der Waals surface area contributed by atoms with Gasteiger partial charge in [-0.3, -0.25) is 9.79 Å². The zero-order chi connectivity index (χ0) is 23.8. The van der Waals surface area contributed by atoms with E-state index < -0.39 is 0 Å². The highest BCUT2D eigenvalue weighted by molar-refractivity contribution is 6.31. The molecule has 34 heavy (non-hydrogen) atoms. The SMILES string of the molecule is Cc1ccc(NC(=O)COc2ccc(C=Nc3ccc(Oc4ccccc4)cc3)cc2)cc1Cl. The highest BCUT2D eigenvalue weighted by atomic mass is 35.5. The highest BCUT2D eigenvalue weighted by Gasteiger charge is 2.05. The van der Waals surface area contributed by atoms with Crippen molar-refractivity contribution in [2.24, 2.45) is 4.99 Å². The quantitative estimate of drug-likeness (QED) is 0.277. The third-order valence-electron chi connectivity index (χ3n) is 4.88. The van der Waals surface area contributed by atoms with E-state index in [0.29, 0.717) is 16.5 Å². The third kappa shape index (κ3) is 6.70. The van der Waals surface area contributed by atoms with Gasteiger partial charge in [-0.15, -0.1) is 0 Å². The van der Waals surface area contributed by atoms with Crippen molar-refractivity contribution < 1.29 is 14.3 Å². The van der Waals surface area contributed by atoms with Crippen molar-refractivity contribution in [3.63, 3.8) is 0 Å². The maximum Gasteiger partial charge on any atom is 0.262 e. The minimum atomic E-state index is -0.259. The lowest BCUT2D eigenvalue weighted by Crippen LogP contribution is -2.20. The van der Waals surface area contributed by atoms with Crippen molar-refractivity contribution in [2.75, 3.05) is 11.9 Å². The van der Waals surface area contributed by atoms with Gasteiger partial charge in [0, 0.05) is 16.9 Å². The first-order chi connectivity index (χ1) is 16.5. The van der Waals surface area contributed by atoms with E-state index in [1.165, 1.54) is 0 Å². The van der Waals surface area contributed by atoms with Gasteiger partial charge < -0.3 is 14.8 Å². The number of benzene rings is 4. The van der Waals surface area contributed by atoms with Crippen molar-refractivity contribution in [3.8, 4) is 17.2 Å². The molecule has 4 rings (SSSR count). The van der Waals surface area contributed by atoms with Gasteiger partial charge in [-0.2, -0.15) is 0 Å². The Kier molecular flexibility index (Phi) is 7.58. The van der Waals surface area contributed by atoms with Crippen LogP contribution in [0.2, 0.25) is 5.02 Å². The molecule has 0 heterocycles. The first kappa shape index (κ1) is 23.1. The van der Waals surface area contributed by atoms with Crippen LogP contribution in [0.3, 0.4) is 0 Å². The molecular formula is C28H23ClN2O3. The minimum absolute atomic E-state index is 0.101. The lowest BCUT2D eigenvalue weighted by Gasteiger charge is -2.09. The molecule has 0 aliphatic carbocycles. The number of ether oxygens (including phenoxy) is 2. The number of carbonyl (C=O) groups is 1. The topological polar surface area (TPSA) is 59.9 Å². The van der Waals surface area contributed by atoms with Crippen LogP contribution in [0, 0.1) is 6.92 Å². The van der Waals surface area contributed by atoms with Gasteiger partial charge in [0.1, 0.15) is 17.2 Å². The number of nitrogens with zero attached hydrogens (tertiary/aromatic N) is 1. The van der Waals surface area contributed by atoms with Gasteiger partial charge in [0.15, 0.2) is 6.61 Å². The Balaban J connectivity index is 1.26. The Morgan fingerprint density at radius 2 is 1.56 bits per heavy atom. The molecule has 1 amide bonds. The molecule has 170 valence electrons. The second-order valence-electron chi connectivity index (χ2n) is 7.54. The van der Waals surface area contributed by atoms with Crippen molar-refractivity contribution >= 4 is 35.1 Å². The first-order valence-electron chi connectivity index (χ1n) is 10.7. The zero-order valence-electron chi connectivity index (χ0n) is 18.6. The molecule has 1 N–H and O–H groups in total. The van der Waals surface area contributed by atoms with Gasteiger partial charge >= 0.3 is 0 Å². The van der Waals surface area contributed by atoms with E-state index in [1.807, 2.05) is 79.7 Å². The molecule has 5 nitrogen and oxygen atoms in total. The summed E-state index contributed by atoms with van der Waals surface area (Å²) in [5, 5.41) is 3.37. The molecule has 6 heteroatoms. The number of hydrogen-bond donors (Lipinski definition) is 1. The van der Waals surface area contributed by atoms with Crippen LogP contribution in [0.25, 0.3) is 0 Å². The fourth-order valence-electron chi connectivity index (χ4n) is 3.04. The van der Waals surface area contributed by atoms with Crippen LogP contribution in [0.4, 0.5) is 11.4 Å². The summed E-state index contributed by atoms with van der Waals surface area (Å²) in [6.07, 6.45) is 1.77. The molecule has 4 aromatic rings. The molecule has 0 unspecified atom stereocenters. The maximum atomic E-state index is 12.1. The largest absolute Gasteiger partial charge is 0.484 e. The number of halogens is 1. The van der Waals surface area contributed by atoms with E-state index in [1.54, 1.807) is 30.5 Å². The van der Waals surface area contributed by atoms with Crippen molar-refractivity contribution in [1.29, 1.82) is 0 Å². The van der Waals surface area contributed by atoms with Crippen LogP contribution in [0.5, 0.6) is 17.2 Å². The lowest BCUT2D eigenvalue weighted by molar-refractivity contribution is -0.118. The number of aliphatic imine (C=N–C) groups is 1. The van der Waals surface area contributed by atoms with Crippen molar-refractivity contribution in [3.05, 3.63) is 113 Å². The maximum absolute atomic E-state index is 12.1. The van der Waals surface area contributed by atoms with Crippen LogP contribution in [-0.2, 0) is 4.79 Å². The number of amides is 1. The van der Waals surface area contributed by atoms with Gasteiger partial charge in [-0.05, 0) is 90.8 Å². The number of rotatable bonds is 8. The van der Waals surface area contributed by atoms with Crippen molar-refractivity contribution in [1.82, 2.24) is 0 Å². The van der Waals surface area contributed by atoms with Crippen LogP contribution in [0.15, 0.2) is 102 Å². The van der Waals surface area contributed by atoms with Gasteiger partial charge in [-0.25, -0.2) is 0 Å². The van der Waals surface area contributed by atoms with E-state index in [-0.39, 0.29) is 12.5 Å². The van der Waals surface area contributed by atoms with Crippen LogP contribution in [0.1, 0.15) is 11.1 Å². The van der Waals surface area contributed by atoms with Gasteiger partial charge in [0.2, 0.25) is 0 Å². The van der Waals surface area contributed by atoms with Crippen LogP contribution < -0.4 is 14.8 Å². The second kappa shape index (κ2) is 11.2. The zero-order valence-corrected chi connectivity index (χ0v) is 19.3. The molecule has 0 aromatic heterocycles. The highest BCUT2D eigenvalue weighted by Crippen LogP contribution is 2.24. The number of hydrogen-bond acceptors (Lipinski definition) is 4. The fraction of sp³-hybridized carbons (Fsp3) is 0.0714. The van der Waals surface area contributed by atoms with E-state index in [9.17, 15) is 4.79 Å². The van der Waals surface area contributed by atoms with E-state index in [0.717, 1.165) is 28.3 Å². The second-order valence-corrected chi connectivity index (χ2v) is 7.94. The number of aryl methyl sites for hydroxylation is 1. The van der Waals surface area contributed by atoms with E-state index in [4.69, 9.17) is 21.1 Å². The molecule has 0 radical (unpaired) electrons. The predicted molar refractivity (Wildman–Crippen MR) is 137 cm³/mol. The Hall–Kier alpha value is -4.09. The number of para-hydroxylation sites is 1. The third-order valence-corrected chi connectivity index (χ3v) is 5.29. The smallest absolute Gasteiger partial charge is 0.262 e. The normalized spacial score (nSPS) is 10.8. The summed E-state index contributed by atoms with van der Waals surface area (Å²) in [5.41, 5.74) is 3.31. The summed E-state index contributed by atoms with van der Waals surface area (Å²) in [7, 11) is 0. The molecule has 0 saturated carbocycles. The minimum Gasteiger partial charge on any atom is -0.484 e. The summed E-state index contributed by atoms with van der Waals surface area (Å²) >= 11 is 6.09. The Morgan fingerprint density at radius 1 is 0.882 bits per heavy atom. The fourth-order valence-corrected chi connectivity index (χ4v) is 3.22. The predicted octanol–water partition coefficient (Wildman–Crippen LogP) is 7.21. The Labute approximate surface area is 203 Å². The molecule has 0 bridgehead atoms. The average molecular weight is 471 g/mol. The summed E-state index contributed by atoms with van der Waals surface area (Å²) in [4.78, 5) is 16.6. The monoisotopic (exact) mass is 470 g/mol. The van der Waals surface area contributed by atoms with E-state index in [2.05, 4.69) is 10.3 Å². The molecule has 0 atom stereocenters. The van der Waals surface area contributed by atoms with Gasteiger partial charge in [0.25, 0.3) is 5.91 Å². The molecular weight excluding hydrogens is 448 g/mol. The van der Waals surface area contributed by atoms with Crippen LogP contribution >= 0.6 is 11.6 Å². The van der Waals surface area contributed by atoms with Gasteiger partial charge in [0.05, 0.1) is 5.69 Å². The number of anilines is 1. The summed E-state index contributed by atoms with van der Waals surface area (Å²) in [6, 6.07) is 29.9. The number of nitrogens with one attached hydrogen (secondary N) is 1.